The van der Waals surface area contributed by atoms with Crippen LogP contribution in [0.5, 0.6) is 0 Å². The van der Waals surface area contributed by atoms with Crippen LogP contribution >= 0.6 is 23.4 Å². The molecular weight excluding hydrogens is 360 g/mol. The Labute approximate surface area is 154 Å². The SMILES string of the molecule is C[C@@H](NC(=O)CSc1nnc(-c2ccco2)n1C)c1ccc(Cl)cc1. The molecule has 0 aliphatic carbocycles. The number of hydrogen-bond donors (Lipinski definition) is 1. The van der Waals surface area contributed by atoms with Gasteiger partial charge in [-0.1, -0.05) is 35.5 Å². The van der Waals surface area contributed by atoms with Gasteiger partial charge in [-0.15, -0.1) is 10.2 Å². The molecule has 6 nitrogen and oxygen atoms in total. The molecule has 0 saturated heterocycles. The van der Waals surface area contributed by atoms with Gasteiger partial charge in [-0.3, -0.25) is 4.79 Å². The molecule has 1 aromatic carbocycles. The lowest BCUT2D eigenvalue weighted by atomic mass is 10.1. The Morgan fingerprint density at radius 1 is 1.32 bits per heavy atom. The Balaban J connectivity index is 1.56. The predicted molar refractivity (Wildman–Crippen MR) is 97.4 cm³/mol. The average molecular weight is 377 g/mol. The number of hydrogen-bond acceptors (Lipinski definition) is 5. The molecule has 0 radical (unpaired) electrons. The Hall–Kier alpha value is -2.25. The van der Waals surface area contributed by atoms with Crippen LogP contribution in [0, 0.1) is 0 Å². The number of halogens is 1. The van der Waals surface area contributed by atoms with E-state index >= 15 is 0 Å². The fourth-order valence-corrected chi connectivity index (χ4v) is 3.16. The van der Waals surface area contributed by atoms with Crippen molar-refractivity contribution in [2.75, 3.05) is 5.75 Å². The molecule has 3 aromatic rings. The van der Waals surface area contributed by atoms with Gasteiger partial charge < -0.3 is 14.3 Å². The third-order valence-corrected chi connectivity index (χ3v) is 4.93. The minimum atomic E-state index is -0.0939. The second-order valence-electron chi connectivity index (χ2n) is 5.47. The number of amides is 1. The molecule has 0 saturated carbocycles. The van der Waals surface area contributed by atoms with E-state index in [-0.39, 0.29) is 17.7 Å². The van der Waals surface area contributed by atoms with Gasteiger partial charge in [0, 0.05) is 12.1 Å². The van der Waals surface area contributed by atoms with E-state index in [2.05, 4.69) is 15.5 Å². The van der Waals surface area contributed by atoms with Gasteiger partial charge in [0.2, 0.25) is 5.91 Å². The zero-order valence-electron chi connectivity index (χ0n) is 13.8. The summed E-state index contributed by atoms with van der Waals surface area (Å²) >= 11 is 7.21. The van der Waals surface area contributed by atoms with E-state index in [1.165, 1.54) is 11.8 Å². The molecule has 0 unspecified atom stereocenters. The molecule has 1 N–H and O–H groups in total. The number of benzene rings is 1. The van der Waals surface area contributed by atoms with Crippen molar-refractivity contribution in [1.29, 1.82) is 0 Å². The number of aromatic nitrogens is 3. The number of carbonyl (C=O) groups is 1. The lowest BCUT2D eigenvalue weighted by molar-refractivity contribution is -0.119. The lowest BCUT2D eigenvalue weighted by Crippen LogP contribution is -2.28. The highest BCUT2D eigenvalue weighted by Gasteiger charge is 2.15. The summed E-state index contributed by atoms with van der Waals surface area (Å²) in [4.78, 5) is 12.2. The molecule has 3 rings (SSSR count). The number of nitrogens with zero attached hydrogens (tertiary/aromatic N) is 3. The van der Waals surface area contributed by atoms with Gasteiger partial charge in [0.15, 0.2) is 16.7 Å². The largest absolute Gasteiger partial charge is 0.461 e. The molecule has 130 valence electrons. The van der Waals surface area contributed by atoms with Crippen LogP contribution in [0.4, 0.5) is 0 Å². The average Bonchev–Trinajstić information content (AvgIpc) is 3.23. The maximum Gasteiger partial charge on any atom is 0.230 e. The van der Waals surface area contributed by atoms with Crippen molar-refractivity contribution in [2.24, 2.45) is 7.05 Å². The summed E-state index contributed by atoms with van der Waals surface area (Å²) < 4.78 is 7.13. The minimum absolute atomic E-state index is 0.0741. The summed E-state index contributed by atoms with van der Waals surface area (Å²) in [5.41, 5.74) is 1.00. The molecular formula is C17H17ClN4O2S. The van der Waals surface area contributed by atoms with Gasteiger partial charge >= 0.3 is 0 Å². The Kier molecular flexibility index (Phi) is 5.45. The highest BCUT2D eigenvalue weighted by Crippen LogP contribution is 2.23. The second-order valence-corrected chi connectivity index (χ2v) is 6.85. The van der Waals surface area contributed by atoms with Crippen molar-refractivity contribution in [3.05, 3.63) is 53.2 Å². The first-order valence-corrected chi connectivity index (χ1v) is 9.02. The van der Waals surface area contributed by atoms with E-state index < -0.39 is 0 Å². The van der Waals surface area contributed by atoms with E-state index in [1.807, 2.05) is 44.3 Å². The maximum absolute atomic E-state index is 12.2. The summed E-state index contributed by atoms with van der Waals surface area (Å²) in [7, 11) is 1.84. The molecule has 1 amide bonds. The number of rotatable bonds is 6. The van der Waals surface area contributed by atoms with Crippen molar-refractivity contribution < 1.29 is 9.21 Å². The van der Waals surface area contributed by atoms with Gasteiger partial charge in [0.1, 0.15) is 0 Å². The van der Waals surface area contributed by atoms with E-state index in [1.54, 1.807) is 16.9 Å². The molecule has 1 atom stereocenters. The second kappa shape index (κ2) is 7.76. The van der Waals surface area contributed by atoms with Crippen LogP contribution in [-0.2, 0) is 11.8 Å². The monoisotopic (exact) mass is 376 g/mol. The van der Waals surface area contributed by atoms with Crippen LogP contribution in [0.15, 0.2) is 52.2 Å². The normalized spacial score (nSPS) is 12.1. The molecule has 25 heavy (non-hydrogen) atoms. The van der Waals surface area contributed by atoms with Crippen LogP contribution in [0.1, 0.15) is 18.5 Å². The predicted octanol–water partition coefficient (Wildman–Crippen LogP) is 3.70. The number of furan rings is 1. The lowest BCUT2D eigenvalue weighted by Gasteiger charge is -2.14. The standard InChI is InChI=1S/C17H17ClN4O2S/c1-11(12-5-7-13(18)8-6-12)19-15(23)10-25-17-21-20-16(22(17)2)14-4-3-9-24-14/h3-9,11H,10H2,1-2H3,(H,19,23)/t11-/m1/s1. The molecule has 0 bridgehead atoms. The summed E-state index contributed by atoms with van der Waals surface area (Å²) in [6.45, 7) is 1.93. The maximum atomic E-state index is 12.2. The number of nitrogens with one attached hydrogen (secondary N) is 1. The molecule has 0 aliphatic heterocycles. The first-order chi connectivity index (χ1) is 12.0. The molecule has 8 heteroatoms. The van der Waals surface area contributed by atoms with Crippen LogP contribution < -0.4 is 5.32 Å². The van der Waals surface area contributed by atoms with Crippen molar-refractivity contribution in [3.8, 4) is 11.6 Å². The van der Waals surface area contributed by atoms with Crippen LogP contribution in [0.2, 0.25) is 5.02 Å². The zero-order chi connectivity index (χ0) is 17.8. The van der Waals surface area contributed by atoms with Crippen molar-refractivity contribution in [2.45, 2.75) is 18.1 Å². The molecule has 2 heterocycles. The molecule has 0 spiro atoms. The Morgan fingerprint density at radius 3 is 2.76 bits per heavy atom. The van der Waals surface area contributed by atoms with Gasteiger partial charge in [-0.25, -0.2) is 0 Å². The Morgan fingerprint density at radius 2 is 2.08 bits per heavy atom. The van der Waals surface area contributed by atoms with Crippen molar-refractivity contribution in [1.82, 2.24) is 20.1 Å². The summed E-state index contributed by atoms with van der Waals surface area (Å²) in [6.07, 6.45) is 1.59. The van der Waals surface area contributed by atoms with E-state index in [4.69, 9.17) is 16.0 Å². The molecule has 0 aliphatic rings. The summed E-state index contributed by atoms with van der Waals surface area (Å²) in [6, 6.07) is 10.9. The first kappa shape index (κ1) is 17.6. The van der Waals surface area contributed by atoms with Crippen LogP contribution in [0.3, 0.4) is 0 Å². The van der Waals surface area contributed by atoms with E-state index in [9.17, 15) is 4.79 Å². The van der Waals surface area contributed by atoms with E-state index in [0.717, 1.165) is 5.56 Å². The minimum Gasteiger partial charge on any atom is -0.461 e. The highest BCUT2D eigenvalue weighted by atomic mass is 35.5. The van der Waals surface area contributed by atoms with Gasteiger partial charge in [0.05, 0.1) is 18.1 Å². The van der Waals surface area contributed by atoms with Crippen molar-refractivity contribution in [3.63, 3.8) is 0 Å². The number of thioether (sulfide) groups is 1. The third-order valence-electron chi connectivity index (χ3n) is 3.66. The number of carbonyl (C=O) groups excluding carboxylic acids is 1. The molecule has 0 fully saturated rings. The first-order valence-electron chi connectivity index (χ1n) is 7.65. The van der Waals surface area contributed by atoms with Crippen LogP contribution in [0.25, 0.3) is 11.6 Å². The molecule has 2 aromatic heterocycles. The topological polar surface area (TPSA) is 73.0 Å². The summed E-state index contributed by atoms with van der Waals surface area (Å²) in [5, 5.41) is 12.5. The fourth-order valence-electron chi connectivity index (χ4n) is 2.31. The van der Waals surface area contributed by atoms with E-state index in [0.29, 0.717) is 21.8 Å². The van der Waals surface area contributed by atoms with Gasteiger partial charge in [-0.05, 0) is 36.8 Å². The summed E-state index contributed by atoms with van der Waals surface area (Å²) in [5.74, 6) is 1.45. The van der Waals surface area contributed by atoms with Gasteiger partial charge in [0.25, 0.3) is 0 Å². The fraction of sp³-hybridized carbons (Fsp3) is 0.235. The Bertz CT molecular complexity index is 846. The van der Waals surface area contributed by atoms with Crippen molar-refractivity contribution >= 4 is 29.3 Å². The van der Waals surface area contributed by atoms with Gasteiger partial charge in [-0.2, -0.15) is 0 Å². The quantitative estimate of drug-likeness (QED) is 0.664. The van der Waals surface area contributed by atoms with Crippen LogP contribution in [-0.4, -0.2) is 26.4 Å². The highest BCUT2D eigenvalue weighted by molar-refractivity contribution is 7.99. The smallest absolute Gasteiger partial charge is 0.230 e. The zero-order valence-corrected chi connectivity index (χ0v) is 15.3. The third kappa shape index (κ3) is 4.24.